The number of hydrogen-bond donors (Lipinski definition) is 1. The lowest BCUT2D eigenvalue weighted by molar-refractivity contribution is 0.0958. The predicted octanol–water partition coefficient (Wildman–Crippen LogP) is 1.28. The SMILES string of the molecule is Cc1nnc(CCNC(=O)c2ccns2)s1. The van der Waals surface area contributed by atoms with Gasteiger partial charge in [0.1, 0.15) is 14.9 Å². The Hall–Kier alpha value is -1.34. The number of aromatic nitrogens is 3. The van der Waals surface area contributed by atoms with Crippen LogP contribution in [0.3, 0.4) is 0 Å². The minimum absolute atomic E-state index is 0.0799. The second-order valence-electron chi connectivity index (χ2n) is 3.10. The molecule has 0 radical (unpaired) electrons. The topological polar surface area (TPSA) is 67.8 Å². The van der Waals surface area contributed by atoms with Crippen LogP contribution >= 0.6 is 22.9 Å². The summed E-state index contributed by atoms with van der Waals surface area (Å²) in [5.41, 5.74) is 0. The van der Waals surface area contributed by atoms with Crippen LogP contribution in [0.25, 0.3) is 0 Å². The Kier molecular flexibility index (Phi) is 3.58. The van der Waals surface area contributed by atoms with Crippen molar-refractivity contribution in [1.29, 1.82) is 0 Å². The lowest BCUT2D eigenvalue weighted by atomic mass is 10.4. The van der Waals surface area contributed by atoms with Crippen molar-refractivity contribution in [2.24, 2.45) is 0 Å². The van der Waals surface area contributed by atoms with Gasteiger partial charge in [-0.1, -0.05) is 0 Å². The zero-order valence-corrected chi connectivity index (χ0v) is 10.3. The van der Waals surface area contributed by atoms with E-state index in [-0.39, 0.29) is 5.91 Å². The molecule has 0 fully saturated rings. The summed E-state index contributed by atoms with van der Waals surface area (Å²) in [6.45, 7) is 2.49. The molecule has 0 saturated heterocycles. The fourth-order valence-electron chi connectivity index (χ4n) is 1.14. The quantitative estimate of drug-likeness (QED) is 0.892. The van der Waals surface area contributed by atoms with Crippen LogP contribution in [0.15, 0.2) is 12.3 Å². The maximum atomic E-state index is 11.5. The predicted molar refractivity (Wildman–Crippen MR) is 62.8 cm³/mol. The van der Waals surface area contributed by atoms with E-state index in [0.717, 1.165) is 16.4 Å². The van der Waals surface area contributed by atoms with E-state index >= 15 is 0 Å². The molecule has 2 aromatic rings. The minimum Gasteiger partial charge on any atom is -0.351 e. The van der Waals surface area contributed by atoms with Gasteiger partial charge in [0, 0.05) is 19.2 Å². The van der Waals surface area contributed by atoms with Crippen LogP contribution in [0, 0.1) is 6.92 Å². The Morgan fingerprint density at radius 1 is 1.50 bits per heavy atom. The molecule has 2 rings (SSSR count). The first-order chi connectivity index (χ1) is 7.75. The van der Waals surface area contributed by atoms with Crippen LogP contribution in [0.5, 0.6) is 0 Å². The van der Waals surface area contributed by atoms with Gasteiger partial charge in [-0.3, -0.25) is 4.79 Å². The smallest absolute Gasteiger partial charge is 0.262 e. The number of aryl methyl sites for hydroxylation is 1. The zero-order chi connectivity index (χ0) is 11.4. The van der Waals surface area contributed by atoms with E-state index in [9.17, 15) is 4.79 Å². The highest BCUT2D eigenvalue weighted by Crippen LogP contribution is 2.08. The molecule has 0 unspecified atom stereocenters. The van der Waals surface area contributed by atoms with Crippen LogP contribution < -0.4 is 5.32 Å². The number of hydrogen-bond acceptors (Lipinski definition) is 6. The average Bonchev–Trinajstić information content (AvgIpc) is 2.89. The molecular weight excluding hydrogens is 244 g/mol. The summed E-state index contributed by atoms with van der Waals surface area (Å²) >= 11 is 2.75. The monoisotopic (exact) mass is 254 g/mol. The first-order valence-corrected chi connectivity index (χ1v) is 6.32. The average molecular weight is 254 g/mol. The molecule has 0 aliphatic heterocycles. The van der Waals surface area contributed by atoms with Gasteiger partial charge in [0.05, 0.1) is 0 Å². The van der Waals surface area contributed by atoms with Crippen molar-refractivity contribution in [3.05, 3.63) is 27.2 Å². The van der Waals surface area contributed by atoms with Gasteiger partial charge in [-0.15, -0.1) is 21.5 Å². The third-order valence-electron chi connectivity index (χ3n) is 1.85. The van der Waals surface area contributed by atoms with Crippen LogP contribution in [0.1, 0.15) is 19.7 Å². The highest BCUT2D eigenvalue weighted by Gasteiger charge is 2.07. The van der Waals surface area contributed by atoms with Crippen molar-refractivity contribution in [1.82, 2.24) is 19.9 Å². The van der Waals surface area contributed by atoms with E-state index in [1.165, 1.54) is 11.5 Å². The van der Waals surface area contributed by atoms with Gasteiger partial charge in [-0.25, -0.2) is 4.37 Å². The molecular formula is C9H10N4OS2. The van der Waals surface area contributed by atoms with Crippen LogP contribution in [-0.4, -0.2) is 27.0 Å². The van der Waals surface area contributed by atoms with E-state index in [1.807, 2.05) is 6.92 Å². The summed E-state index contributed by atoms with van der Waals surface area (Å²) in [7, 11) is 0. The summed E-state index contributed by atoms with van der Waals surface area (Å²) in [5, 5.41) is 12.6. The first-order valence-electron chi connectivity index (χ1n) is 4.73. The van der Waals surface area contributed by atoms with Crippen molar-refractivity contribution in [3.63, 3.8) is 0 Å². The van der Waals surface area contributed by atoms with Crippen LogP contribution in [0.2, 0.25) is 0 Å². The zero-order valence-electron chi connectivity index (χ0n) is 8.64. The van der Waals surface area contributed by atoms with Gasteiger partial charge in [0.25, 0.3) is 5.91 Å². The Balaban J connectivity index is 1.78. The molecule has 0 atom stereocenters. The van der Waals surface area contributed by atoms with Gasteiger partial charge in [-0.05, 0) is 24.5 Å². The second-order valence-corrected chi connectivity index (χ2v) is 5.20. The Labute approximate surface area is 101 Å². The van der Waals surface area contributed by atoms with Gasteiger partial charge < -0.3 is 5.32 Å². The molecule has 2 aromatic heterocycles. The number of carbonyl (C=O) groups excluding carboxylic acids is 1. The molecule has 7 heteroatoms. The van der Waals surface area contributed by atoms with Crippen LogP contribution in [0.4, 0.5) is 0 Å². The number of nitrogens with zero attached hydrogens (tertiary/aromatic N) is 3. The maximum Gasteiger partial charge on any atom is 0.262 e. The van der Waals surface area contributed by atoms with E-state index in [2.05, 4.69) is 19.9 Å². The molecule has 0 bridgehead atoms. The van der Waals surface area contributed by atoms with Crippen molar-refractivity contribution in [3.8, 4) is 0 Å². The molecule has 0 saturated carbocycles. The number of rotatable bonds is 4. The van der Waals surface area contributed by atoms with Crippen molar-refractivity contribution in [2.75, 3.05) is 6.54 Å². The fraction of sp³-hybridized carbons (Fsp3) is 0.333. The molecule has 0 aliphatic carbocycles. The van der Waals surface area contributed by atoms with E-state index in [0.29, 0.717) is 11.4 Å². The van der Waals surface area contributed by atoms with Crippen molar-refractivity contribution >= 4 is 28.8 Å². The lowest BCUT2D eigenvalue weighted by Gasteiger charge is -1.99. The molecule has 16 heavy (non-hydrogen) atoms. The summed E-state index contributed by atoms with van der Waals surface area (Å²) in [6.07, 6.45) is 2.34. The molecule has 5 nitrogen and oxygen atoms in total. The van der Waals surface area contributed by atoms with Crippen molar-refractivity contribution < 1.29 is 4.79 Å². The molecule has 2 heterocycles. The normalized spacial score (nSPS) is 10.3. The maximum absolute atomic E-state index is 11.5. The molecule has 0 aromatic carbocycles. The summed E-state index contributed by atoms with van der Waals surface area (Å²) in [4.78, 5) is 12.2. The number of amides is 1. The Morgan fingerprint density at radius 3 is 3.00 bits per heavy atom. The lowest BCUT2D eigenvalue weighted by Crippen LogP contribution is -2.24. The number of nitrogens with one attached hydrogen (secondary N) is 1. The first kappa shape index (κ1) is 11.2. The highest BCUT2D eigenvalue weighted by molar-refractivity contribution is 7.11. The fourth-order valence-corrected chi connectivity index (χ4v) is 2.36. The van der Waals surface area contributed by atoms with E-state index in [1.54, 1.807) is 23.6 Å². The standard InChI is InChI=1S/C9H10N4OS2/c1-6-12-13-8(15-6)3-4-10-9(14)7-2-5-11-16-7/h2,5H,3-4H2,1H3,(H,10,14). The highest BCUT2D eigenvalue weighted by atomic mass is 32.1. The van der Waals surface area contributed by atoms with Crippen molar-refractivity contribution in [2.45, 2.75) is 13.3 Å². The summed E-state index contributed by atoms with van der Waals surface area (Å²) in [5.74, 6) is -0.0799. The molecule has 0 spiro atoms. The summed E-state index contributed by atoms with van der Waals surface area (Å²) < 4.78 is 3.87. The second kappa shape index (κ2) is 5.13. The Morgan fingerprint density at radius 2 is 2.38 bits per heavy atom. The van der Waals surface area contributed by atoms with E-state index in [4.69, 9.17) is 0 Å². The number of carbonyl (C=O) groups is 1. The summed E-state index contributed by atoms with van der Waals surface area (Å²) in [6, 6.07) is 1.70. The largest absolute Gasteiger partial charge is 0.351 e. The molecule has 1 amide bonds. The third-order valence-corrected chi connectivity index (χ3v) is 3.50. The Bertz CT molecular complexity index is 466. The molecule has 0 aliphatic rings. The van der Waals surface area contributed by atoms with Gasteiger partial charge in [-0.2, -0.15) is 0 Å². The van der Waals surface area contributed by atoms with Crippen LogP contribution in [-0.2, 0) is 6.42 Å². The van der Waals surface area contributed by atoms with Gasteiger partial charge >= 0.3 is 0 Å². The van der Waals surface area contributed by atoms with E-state index < -0.39 is 0 Å². The minimum atomic E-state index is -0.0799. The van der Waals surface area contributed by atoms with Gasteiger partial charge in [0.15, 0.2) is 0 Å². The molecule has 84 valence electrons. The molecule has 1 N–H and O–H groups in total. The van der Waals surface area contributed by atoms with Gasteiger partial charge in [0.2, 0.25) is 0 Å². The third kappa shape index (κ3) is 2.83.